The number of rotatable bonds is 3. The summed E-state index contributed by atoms with van der Waals surface area (Å²) < 4.78 is 13.4. The zero-order valence-corrected chi connectivity index (χ0v) is 8.18. The maximum Gasteiger partial charge on any atom is 0.129 e. The lowest BCUT2D eigenvalue weighted by Crippen LogP contribution is -2.15. The lowest BCUT2D eigenvalue weighted by Gasteiger charge is -2.07. The van der Waals surface area contributed by atoms with Gasteiger partial charge in [-0.2, -0.15) is 0 Å². The molecule has 2 N–H and O–H groups in total. The Morgan fingerprint density at radius 1 is 1.46 bits per heavy atom. The van der Waals surface area contributed by atoms with Crippen molar-refractivity contribution < 1.29 is 4.39 Å². The van der Waals surface area contributed by atoms with E-state index >= 15 is 0 Å². The minimum atomic E-state index is -0.0804. The van der Waals surface area contributed by atoms with Gasteiger partial charge in [0.2, 0.25) is 0 Å². The fourth-order valence-corrected chi connectivity index (χ4v) is 1.28. The van der Waals surface area contributed by atoms with Crippen LogP contribution in [0.15, 0.2) is 18.2 Å². The van der Waals surface area contributed by atoms with Crippen molar-refractivity contribution in [3.05, 3.63) is 35.1 Å². The molecule has 0 heterocycles. The lowest BCUT2D eigenvalue weighted by molar-refractivity contribution is 0.583. The van der Waals surface area contributed by atoms with E-state index in [-0.39, 0.29) is 11.9 Å². The number of nitrogens with two attached hydrogens (primary N) is 1. The van der Waals surface area contributed by atoms with E-state index in [4.69, 9.17) is 5.73 Å². The van der Waals surface area contributed by atoms with Crippen LogP contribution in [0.3, 0.4) is 0 Å². The Labute approximate surface area is 78.8 Å². The molecule has 1 atom stereocenters. The van der Waals surface area contributed by atoms with E-state index in [9.17, 15) is 4.39 Å². The molecule has 0 amide bonds. The minimum Gasteiger partial charge on any atom is -0.328 e. The molecule has 1 rings (SSSR count). The Kier molecular flexibility index (Phi) is 3.43. The summed E-state index contributed by atoms with van der Waals surface area (Å²) in [5.41, 5.74) is 7.09. The van der Waals surface area contributed by atoms with Crippen molar-refractivity contribution in [3.63, 3.8) is 0 Å². The lowest BCUT2D eigenvalue weighted by atomic mass is 10.0. The molecule has 13 heavy (non-hydrogen) atoms. The summed E-state index contributed by atoms with van der Waals surface area (Å²) in [5.74, 6) is -0.0804. The smallest absolute Gasteiger partial charge is 0.129 e. The average Bonchev–Trinajstić information content (AvgIpc) is 2.07. The van der Waals surface area contributed by atoms with Crippen LogP contribution in [0.2, 0.25) is 0 Å². The van der Waals surface area contributed by atoms with Gasteiger partial charge in [-0.15, -0.1) is 0 Å². The van der Waals surface area contributed by atoms with Gasteiger partial charge in [0.25, 0.3) is 0 Å². The molecule has 72 valence electrons. The second-order valence-corrected chi connectivity index (χ2v) is 3.56. The standard InChI is InChI=1S/C11H16FN/c1-8-4-3-5-10(11(8)12)7-6-9(2)13/h3-5,9H,6-7,13H2,1-2H3/t9-/m0/s1. The number of halogens is 1. The Morgan fingerprint density at radius 2 is 2.15 bits per heavy atom. The molecule has 0 saturated carbocycles. The average molecular weight is 181 g/mol. The molecule has 0 aliphatic carbocycles. The summed E-state index contributed by atoms with van der Waals surface area (Å²) in [6.45, 7) is 3.72. The Balaban J connectivity index is 2.71. The van der Waals surface area contributed by atoms with E-state index < -0.39 is 0 Å². The monoisotopic (exact) mass is 181 g/mol. The van der Waals surface area contributed by atoms with Gasteiger partial charge in [-0.05, 0) is 37.8 Å². The summed E-state index contributed by atoms with van der Waals surface area (Å²) in [4.78, 5) is 0. The van der Waals surface area contributed by atoms with Gasteiger partial charge in [-0.3, -0.25) is 0 Å². The highest BCUT2D eigenvalue weighted by molar-refractivity contribution is 5.24. The minimum absolute atomic E-state index is 0.0804. The number of benzene rings is 1. The molecule has 1 aromatic carbocycles. The second kappa shape index (κ2) is 4.38. The Hall–Kier alpha value is -0.890. The van der Waals surface area contributed by atoms with E-state index in [1.165, 1.54) is 0 Å². The van der Waals surface area contributed by atoms with E-state index in [0.717, 1.165) is 18.4 Å². The van der Waals surface area contributed by atoms with Crippen LogP contribution in [-0.2, 0) is 6.42 Å². The molecule has 2 heteroatoms. The van der Waals surface area contributed by atoms with Crippen LogP contribution in [0.1, 0.15) is 24.5 Å². The molecule has 0 radical (unpaired) electrons. The molecule has 0 spiro atoms. The molecule has 0 aliphatic rings. The fourth-order valence-electron chi connectivity index (χ4n) is 1.28. The van der Waals surface area contributed by atoms with Crippen molar-refractivity contribution in [2.45, 2.75) is 32.7 Å². The third-order valence-corrected chi connectivity index (χ3v) is 2.14. The first kappa shape index (κ1) is 10.2. The first-order chi connectivity index (χ1) is 6.11. The number of aryl methyl sites for hydroxylation is 2. The van der Waals surface area contributed by atoms with Gasteiger partial charge in [-0.25, -0.2) is 4.39 Å². The van der Waals surface area contributed by atoms with Crippen molar-refractivity contribution in [2.24, 2.45) is 5.73 Å². The molecular formula is C11H16FN. The van der Waals surface area contributed by atoms with Gasteiger partial charge in [0.05, 0.1) is 0 Å². The highest BCUT2D eigenvalue weighted by atomic mass is 19.1. The summed E-state index contributed by atoms with van der Waals surface area (Å²) in [5, 5.41) is 0. The van der Waals surface area contributed by atoms with Gasteiger partial charge >= 0.3 is 0 Å². The van der Waals surface area contributed by atoms with Gasteiger partial charge in [0.1, 0.15) is 5.82 Å². The normalized spacial score (nSPS) is 12.9. The first-order valence-corrected chi connectivity index (χ1v) is 4.61. The van der Waals surface area contributed by atoms with E-state index in [2.05, 4.69) is 0 Å². The molecular weight excluding hydrogens is 165 g/mol. The predicted molar refractivity (Wildman–Crippen MR) is 53.1 cm³/mol. The summed E-state index contributed by atoms with van der Waals surface area (Å²) in [7, 11) is 0. The van der Waals surface area contributed by atoms with Crippen LogP contribution in [0.5, 0.6) is 0 Å². The SMILES string of the molecule is Cc1cccc(CC[C@H](C)N)c1F. The molecule has 0 aromatic heterocycles. The van der Waals surface area contributed by atoms with Crippen LogP contribution in [0.25, 0.3) is 0 Å². The number of hydrogen-bond donors (Lipinski definition) is 1. The molecule has 0 fully saturated rings. The van der Waals surface area contributed by atoms with Crippen LogP contribution in [0, 0.1) is 12.7 Å². The van der Waals surface area contributed by atoms with E-state index in [1.54, 1.807) is 13.0 Å². The van der Waals surface area contributed by atoms with Gasteiger partial charge in [0, 0.05) is 6.04 Å². The topological polar surface area (TPSA) is 26.0 Å². The Morgan fingerprint density at radius 3 is 2.77 bits per heavy atom. The maximum atomic E-state index is 13.4. The zero-order valence-electron chi connectivity index (χ0n) is 8.18. The zero-order chi connectivity index (χ0) is 9.84. The second-order valence-electron chi connectivity index (χ2n) is 3.56. The highest BCUT2D eigenvalue weighted by Crippen LogP contribution is 2.13. The third-order valence-electron chi connectivity index (χ3n) is 2.14. The quantitative estimate of drug-likeness (QED) is 0.761. The summed E-state index contributed by atoms with van der Waals surface area (Å²) in [6.07, 6.45) is 1.56. The maximum absolute atomic E-state index is 13.4. The van der Waals surface area contributed by atoms with Gasteiger partial charge < -0.3 is 5.73 Å². The van der Waals surface area contributed by atoms with Crippen molar-refractivity contribution in [2.75, 3.05) is 0 Å². The van der Waals surface area contributed by atoms with Crippen LogP contribution in [0.4, 0.5) is 4.39 Å². The molecule has 0 bridgehead atoms. The molecule has 1 nitrogen and oxygen atoms in total. The fraction of sp³-hybridized carbons (Fsp3) is 0.455. The van der Waals surface area contributed by atoms with Gasteiger partial charge in [0.15, 0.2) is 0 Å². The van der Waals surface area contributed by atoms with E-state index in [0.29, 0.717) is 5.56 Å². The van der Waals surface area contributed by atoms with Crippen molar-refractivity contribution >= 4 is 0 Å². The van der Waals surface area contributed by atoms with Crippen molar-refractivity contribution in [1.29, 1.82) is 0 Å². The summed E-state index contributed by atoms with van der Waals surface area (Å²) in [6, 6.07) is 5.63. The first-order valence-electron chi connectivity index (χ1n) is 4.61. The van der Waals surface area contributed by atoms with Crippen molar-refractivity contribution in [3.8, 4) is 0 Å². The van der Waals surface area contributed by atoms with Crippen molar-refractivity contribution in [1.82, 2.24) is 0 Å². The van der Waals surface area contributed by atoms with Crippen LogP contribution >= 0.6 is 0 Å². The molecule has 0 unspecified atom stereocenters. The molecule has 0 aliphatic heterocycles. The van der Waals surface area contributed by atoms with Crippen LogP contribution in [-0.4, -0.2) is 6.04 Å². The predicted octanol–water partition coefficient (Wildman–Crippen LogP) is 2.41. The molecule has 1 aromatic rings. The third kappa shape index (κ3) is 2.81. The Bertz CT molecular complexity index is 281. The summed E-state index contributed by atoms with van der Waals surface area (Å²) >= 11 is 0. The van der Waals surface area contributed by atoms with E-state index in [1.807, 2.05) is 19.1 Å². The number of hydrogen-bond acceptors (Lipinski definition) is 1. The van der Waals surface area contributed by atoms with Crippen LogP contribution < -0.4 is 5.73 Å². The van der Waals surface area contributed by atoms with Gasteiger partial charge in [-0.1, -0.05) is 18.2 Å². The highest BCUT2D eigenvalue weighted by Gasteiger charge is 2.04. The largest absolute Gasteiger partial charge is 0.328 e. The molecule has 0 saturated heterocycles.